The van der Waals surface area contributed by atoms with E-state index in [9.17, 15) is 0 Å². The first-order valence-electron chi connectivity index (χ1n) is 7.45. The number of aromatic nitrogens is 2. The van der Waals surface area contributed by atoms with Gasteiger partial charge in [0.1, 0.15) is 0 Å². The van der Waals surface area contributed by atoms with E-state index in [0.717, 1.165) is 24.1 Å². The van der Waals surface area contributed by atoms with Crippen LogP contribution in [0.2, 0.25) is 0 Å². The van der Waals surface area contributed by atoms with E-state index in [1.165, 1.54) is 38.5 Å². The number of rotatable bonds is 6. The van der Waals surface area contributed by atoms with E-state index in [2.05, 4.69) is 41.8 Å². The zero-order valence-corrected chi connectivity index (χ0v) is 12.1. The second kappa shape index (κ2) is 6.26. The lowest BCUT2D eigenvalue weighted by Gasteiger charge is -2.15. The zero-order chi connectivity index (χ0) is 13.0. The molecule has 1 aliphatic carbocycles. The molecule has 1 aromatic heterocycles. The Morgan fingerprint density at radius 2 is 2.11 bits per heavy atom. The summed E-state index contributed by atoms with van der Waals surface area (Å²) in [6.45, 7) is 7.75. The Kier molecular flexibility index (Phi) is 4.67. The molecule has 1 N–H and O–H groups in total. The summed E-state index contributed by atoms with van der Waals surface area (Å²) in [5.41, 5.74) is 1.13. The van der Waals surface area contributed by atoms with Crippen molar-refractivity contribution in [1.82, 2.24) is 9.55 Å². The Morgan fingerprint density at radius 3 is 2.78 bits per heavy atom. The molecule has 0 atom stereocenters. The van der Waals surface area contributed by atoms with Crippen molar-refractivity contribution < 1.29 is 0 Å². The summed E-state index contributed by atoms with van der Waals surface area (Å²) in [5.74, 6) is 1.88. The third-order valence-electron chi connectivity index (χ3n) is 3.77. The number of hydrogen-bond acceptors (Lipinski definition) is 2. The first-order valence-corrected chi connectivity index (χ1v) is 7.45. The van der Waals surface area contributed by atoms with Crippen LogP contribution in [0.1, 0.15) is 58.1 Å². The van der Waals surface area contributed by atoms with E-state index in [-0.39, 0.29) is 0 Å². The maximum Gasteiger partial charge on any atom is 0.203 e. The fourth-order valence-electron chi connectivity index (χ4n) is 2.76. The lowest BCUT2D eigenvalue weighted by molar-refractivity contribution is 0.512. The standard InChI is InChI=1S/C15H27N3/c1-12(2)7-6-10-18-11-13(3)16-15(18)17-14-8-4-5-9-14/h11-12,14H,4-10H2,1-3H3,(H,16,17). The maximum absolute atomic E-state index is 4.62. The average molecular weight is 249 g/mol. The van der Waals surface area contributed by atoms with Gasteiger partial charge in [-0.25, -0.2) is 4.98 Å². The van der Waals surface area contributed by atoms with Crippen molar-refractivity contribution >= 4 is 5.95 Å². The van der Waals surface area contributed by atoms with Crippen LogP contribution >= 0.6 is 0 Å². The van der Waals surface area contributed by atoms with Crippen LogP contribution < -0.4 is 5.32 Å². The van der Waals surface area contributed by atoms with Gasteiger partial charge in [-0.1, -0.05) is 26.7 Å². The average Bonchev–Trinajstić information content (AvgIpc) is 2.89. The predicted octanol–water partition coefficient (Wildman–Crippen LogP) is 3.98. The lowest BCUT2D eigenvalue weighted by Crippen LogP contribution is -2.18. The molecule has 1 heterocycles. The molecule has 1 aromatic rings. The summed E-state index contributed by atoms with van der Waals surface area (Å²) in [7, 11) is 0. The molecule has 1 saturated carbocycles. The second-order valence-electron chi connectivity index (χ2n) is 6.06. The van der Waals surface area contributed by atoms with Crippen molar-refractivity contribution in [2.24, 2.45) is 5.92 Å². The van der Waals surface area contributed by atoms with E-state index in [0.29, 0.717) is 6.04 Å². The van der Waals surface area contributed by atoms with Crippen LogP contribution in [0.25, 0.3) is 0 Å². The van der Waals surface area contributed by atoms with E-state index in [4.69, 9.17) is 0 Å². The van der Waals surface area contributed by atoms with Crippen LogP contribution in [0.5, 0.6) is 0 Å². The lowest BCUT2D eigenvalue weighted by atomic mass is 10.1. The smallest absolute Gasteiger partial charge is 0.203 e. The van der Waals surface area contributed by atoms with Gasteiger partial charge in [-0.3, -0.25) is 0 Å². The highest BCUT2D eigenvalue weighted by molar-refractivity contribution is 5.30. The van der Waals surface area contributed by atoms with Gasteiger partial charge in [0.15, 0.2) is 0 Å². The molecule has 0 unspecified atom stereocenters. The minimum atomic E-state index is 0.649. The number of aryl methyl sites for hydroxylation is 2. The Balaban J connectivity index is 1.91. The van der Waals surface area contributed by atoms with Crippen LogP contribution in [0.15, 0.2) is 6.20 Å². The number of nitrogens with zero attached hydrogens (tertiary/aromatic N) is 2. The Bertz CT molecular complexity index is 362. The van der Waals surface area contributed by atoms with Gasteiger partial charge in [0.05, 0.1) is 5.69 Å². The van der Waals surface area contributed by atoms with Gasteiger partial charge >= 0.3 is 0 Å². The fraction of sp³-hybridized carbons (Fsp3) is 0.800. The van der Waals surface area contributed by atoms with Crippen LogP contribution in [-0.4, -0.2) is 15.6 Å². The molecular weight excluding hydrogens is 222 g/mol. The minimum absolute atomic E-state index is 0.649. The molecule has 102 valence electrons. The number of nitrogens with one attached hydrogen (secondary N) is 1. The molecule has 1 fully saturated rings. The van der Waals surface area contributed by atoms with Gasteiger partial charge in [0.2, 0.25) is 5.95 Å². The first-order chi connectivity index (χ1) is 8.65. The molecule has 3 heteroatoms. The highest BCUT2D eigenvalue weighted by Gasteiger charge is 2.17. The molecule has 0 amide bonds. The SMILES string of the molecule is Cc1cn(CCCC(C)C)c(NC2CCCC2)n1. The van der Waals surface area contributed by atoms with Gasteiger partial charge in [0.25, 0.3) is 0 Å². The first kappa shape index (κ1) is 13.4. The topological polar surface area (TPSA) is 29.9 Å². The normalized spacial score (nSPS) is 16.7. The van der Waals surface area contributed by atoms with Gasteiger partial charge in [-0.15, -0.1) is 0 Å². The Labute approximate surface area is 111 Å². The summed E-state index contributed by atoms with van der Waals surface area (Å²) >= 11 is 0. The molecule has 0 radical (unpaired) electrons. The Morgan fingerprint density at radius 1 is 1.39 bits per heavy atom. The number of hydrogen-bond donors (Lipinski definition) is 1. The van der Waals surface area contributed by atoms with Crippen molar-refractivity contribution in [3.8, 4) is 0 Å². The number of anilines is 1. The van der Waals surface area contributed by atoms with Crippen molar-refractivity contribution in [3.05, 3.63) is 11.9 Å². The second-order valence-corrected chi connectivity index (χ2v) is 6.06. The van der Waals surface area contributed by atoms with Gasteiger partial charge in [-0.2, -0.15) is 0 Å². The summed E-state index contributed by atoms with van der Waals surface area (Å²) in [5, 5.41) is 3.62. The van der Waals surface area contributed by atoms with Gasteiger partial charge < -0.3 is 9.88 Å². The molecule has 18 heavy (non-hydrogen) atoms. The Hall–Kier alpha value is -0.990. The highest BCUT2D eigenvalue weighted by Crippen LogP contribution is 2.22. The van der Waals surface area contributed by atoms with Crippen molar-refractivity contribution in [2.75, 3.05) is 5.32 Å². The third-order valence-corrected chi connectivity index (χ3v) is 3.77. The van der Waals surface area contributed by atoms with Crippen LogP contribution in [-0.2, 0) is 6.54 Å². The fourth-order valence-corrected chi connectivity index (χ4v) is 2.76. The zero-order valence-electron chi connectivity index (χ0n) is 12.1. The minimum Gasteiger partial charge on any atom is -0.353 e. The largest absolute Gasteiger partial charge is 0.353 e. The summed E-state index contributed by atoms with van der Waals surface area (Å²) < 4.78 is 2.30. The van der Waals surface area contributed by atoms with E-state index >= 15 is 0 Å². The van der Waals surface area contributed by atoms with Crippen LogP contribution in [0.4, 0.5) is 5.95 Å². The predicted molar refractivity (Wildman–Crippen MR) is 76.9 cm³/mol. The molecule has 0 aliphatic heterocycles. The quantitative estimate of drug-likeness (QED) is 0.826. The van der Waals surface area contributed by atoms with E-state index < -0.39 is 0 Å². The van der Waals surface area contributed by atoms with Gasteiger partial charge in [-0.05, 0) is 38.5 Å². The van der Waals surface area contributed by atoms with Crippen LogP contribution in [0, 0.1) is 12.8 Å². The van der Waals surface area contributed by atoms with Gasteiger partial charge in [0, 0.05) is 18.8 Å². The molecule has 0 spiro atoms. The van der Waals surface area contributed by atoms with E-state index in [1.807, 2.05) is 0 Å². The molecular formula is C15H27N3. The van der Waals surface area contributed by atoms with Crippen molar-refractivity contribution in [1.29, 1.82) is 0 Å². The summed E-state index contributed by atoms with van der Waals surface area (Å²) in [4.78, 5) is 4.62. The van der Waals surface area contributed by atoms with Crippen molar-refractivity contribution in [3.63, 3.8) is 0 Å². The third kappa shape index (κ3) is 3.76. The molecule has 0 saturated heterocycles. The number of imidazole rings is 1. The van der Waals surface area contributed by atoms with Crippen molar-refractivity contribution in [2.45, 2.75) is 71.9 Å². The molecule has 1 aliphatic rings. The molecule has 3 nitrogen and oxygen atoms in total. The highest BCUT2D eigenvalue weighted by atomic mass is 15.2. The maximum atomic E-state index is 4.62. The summed E-state index contributed by atoms with van der Waals surface area (Å²) in [6.07, 6.45) is 10.1. The molecule has 0 bridgehead atoms. The van der Waals surface area contributed by atoms with Crippen LogP contribution in [0.3, 0.4) is 0 Å². The molecule has 2 rings (SSSR count). The monoisotopic (exact) mass is 249 g/mol. The summed E-state index contributed by atoms with van der Waals surface area (Å²) in [6, 6.07) is 0.649. The van der Waals surface area contributed by atoms with E-state index in [1.54, 1.807) is 0 Å². The molecule has 0 aromatic carbocycles.